The van der Waals surface area contributed by atoms with Crippen LogP contribution < -0.4 is 5.73 Å². The van der Waals surface area contributed by atoms with Gasteiger partial charge in [-0.1, -0.05) is 15.9 Å². The van der Waals surface area contributed by atoms with E-state index < -0.39 is 17.7 Å². The quantitative estimate of drug-likeness (QED) is 0.821. The lowest BCUT2D eigenvalue weighted by Crippen LogP contribution is -2.10. The SMILES string of the molecule is NCc1sc(-c2cc(F)ccc2Br)nc1C(F)(F)F. The minimum Gasteiger partial charge on any atom is -0.326 e. The van der Waals surface area contributed by atoms with Gasteiger partial charge in [0.05, 0.1) is 4.88 Å². The second-order valence-corrected chi connectivity index (χ2v) is 5.55. The molecule has 0 aliphatic heterocycles. The van der Waals surface area contributed by atoms with Crippen molar-refractivity contribution in [2.45, 2.75) is 12.7 Å². The summed E-state index contributed by atoms with van der Waals surface area (Å²) in [5.41, 5.74) is 4.56. The lowest BCUT2D eigenvalue weighted by atomic mass is 10.2. The molecule has 0 bridgehead atoms. The molecule has 0 atom stereocenters. The van der Waals surface area contributed by atoms with E-state index in [0.29, 0.717) is 4.47 Å². The van der Waals surface area contributed by atoms with Gasteiger partial charge in [0.2, 0.25) is 0 Å². The summed E-state index contributed by atoms with van der Waals surface area (Å²) in [7, 11) is 0. The molecule has 19 heavy (non-hydrogen) atoms. The Labute approximate surface area is 118 Å². The molecule has 0 amide bonds. The van der Waals surface area contributed by atoms with Crippen LogP contribution in [0.4, 0.5) is 17.6 Å². The summed E-state index contributed by atoms with van der Waals surface area (Å²) in [6, 6.07) is 3.75. The number of hydrogen-bond acceptors (Lipinski definition) is 3. The third-order valence-electron chi connectivity index (χ3n) is 2.31. The second kappa shape index (κ2) is 5.18. The molecule has 1 aromatic carbocycles. The molecule has 1 aromatic heterocycles. The number of rotatable bonds is 2. The van der Waals surface area contributed by atoms with Crippen LogP contribution in [0.25, 0.3) is 10.6 Å². The van der Waals surface area contributed by atoms with Crippen LogP contribution in [0.15, 0.2) is 22.7 Å². The number of thiazole rings is 1. The number of hydrogen-bond donors (Lipinski definition) is 1. The lowest BCUT2D eigenvalue weighted by molar-refractivity contribution is -0.141. The summed E-state index contributed by atoms with van der Waals surface area (Å²) in [5, 5.41) is 0.0825. The van der Waals surface area contributed by atoms with E-state index in [1.807, 2.05) is 0 Å². The first-order chi connectivity index (χ1) is 8.82. The highest BCUT2D eigenvalue weighted by molar-refractivity contribution is 9.10. The van der Waals surface area contributed by atoms with E-state index in [2.05, 4.69) is 20.9 Å². The Bertz CT molecular complexity index is 609. The Balaban J connectivity index is 2.58. The summed E-state index contributed by atoms with van der Waals surface area (Å²) < 4.78 is 51.9. The average Bonchev–Trinajstić information content (AvgIpc) is 2.76. The van der Waals surface area contributed by atoms with Gasteiger partial charge in [0.15, 0.2) is 5.69 Å². The minimum atomic E-state index is -4.57. The maximum Gasteiger partial charge on any atom is 0.434 e. The van der Waals surface area contributed by atoms with Crippen molar-refractivity contribution < 1.29 is 17.6 Å². The molecule has 0 aliphatic rings. The fraction of sp³-hybridized carbons (Fsp3) is 0.182. The molecule has 2 nitrogen and oxygen atoms in total. The molecule has 1 heterocycles. The summed E-state index contributed by atoms with van der Waals surface area (Å²) in [4.78, 5) is 3.47. The van der Waals surface area contributed by atoms with Crippen molar-refractivity contribution in [1.82, 2.24) is 4.98 Å². The van der Waals surface area contributed by atoms with Crippen molar-refractivity contribution in [3.05, 3.63) is 39.1 Å². The topological polar surface area (TPSA) is 38.9 Å². The van der Waals surface area contributed by atoms with E-state index in [1.165, 1.54) is 12.1 Å². The summed E-state index contributed by atoms with van der Waals surface area (Å²) in [6.45, 7) is -0.264. The highest BCUT2D eigenvalue weighted by Crippen LogP contribution is 2.39. The minimum absolute atomic E-state index is 0.0707. The number of alkyl halides is 3. The first kappa shape index (κ1) is 14.4. The van der Waals surface area contributed by atoms with Gasteiger partial charge in [-0.15, -0.1) is 11.3 Å². The first-order valence-electron chi connectivity index (χ1n) is 5.05. The number of aromatic nitrogens is 1. The number of nitrogens with zero attached hydrogens (tertiary/aromatic N) is 1. The van der Waals surface area contributed by atoms with E-state index in [0.717, 1.165) is 17.4 Å². The second-order valence-electron chi connectivity index (χ2n) is 3.62. The van der Waals surface area contributed by atoms with Crippen LogP contribution in [0.2, 0.25) is 0 Å². The molecule has 8 heteroatoms. The fourth-order valence-electron chi connectivity index (χ4n) is 1.49. The van der Waals surface area contributed by atoms with E-state index in [1.54, 1.807) is 0 Å². The Morgan fingerprint density at radius 3 is 2.53 bits per heavy atom. The molecule has 102 valence electrons. The van der Waals surface area contributed by atoms with Gasteiger partial charge >= 0.3 is 6.18 Å². The smallest absolute Gasteiger partial charge is 0.326 e. The van der Waals surface area contributed by atoms with Gasteiger partial charge in [-0.2, -0.15) is 13.2 Å². The number of nitrogens with two attached hydrogens (primary N) is 1. The van der Waals surface area contributed by atoms with Crippen molar-refractivity contribution >= 4 is 27.3 Å². The molecule has 2 N–H and O–H groups in total. The van der Waals surface area contributed by atoms with Gasteiger partial charge in [0.1, 0.15) is 10.8 Å². The van der Waals surface area contributed by atoms with Gasteiger partial charge in [0, 0.05) is 16.6 Å². The zero-order valence-electron chi connectivity index (χ0n) is 9.26. The van der Waals surface area contributed by atoms with Crippen LogP contribution in [-0.4, -0.2) is 4.98 Å². The van der Waals surface area contributed by atoms with Gasteiger partial charge in [0.25, 0.3) is 0 Å². The predicted molar refractivity (Wildman–Crippen MR) is 68.1 cm³/mol. The van der Waals surface area contributed by atoms with Crippen LogP contribution in [0.5, 0.6) is 0 Å². The summed E-state index contributed by atoms with van der Waals surface area (Å²) in [6.07, 6.45) is -4.57. The molecule has 0 aliphatic carbocycles. The average molecular weight is 355 g/mol. The third-order valence-corrected chi connectivity index (χ3v) is 4.11. The molecule has 0 fully saturated rings. The van der Waals surface area contributed by atoms with Gasteiger partial charge in [-0.3, -0.25) is 0 Å². The Morgan fingerprint density at radius 2 is 2.00 bits per heavy atom. The van der Waals surface area contributed by atoms with Crippen LogP contribution in [0.3, 0.4) is 0 Å². The van der Waals surface area contributed by atoms with E-state index in [9.17, 15) is 17.6 Å². The zero-order chi connectivity index (χ0) is 14.2. The lowest BCUT2D eigenvalue weighted by Gasteiger charge is -2.03. The molecule has 2 rings (SSSR count). The standard InChI is InChI=1S/C11H7BrF4N2S/c12-7-2-1-5(13)3-6(7)10-18-9(11(14,15)16)8(4-17)19-10/h1-3H,4,17H2. The van der Waals surface area contributed by atoms with Crippen LogP contribution in [0, 0.1) is 5.82 Å². The van der Waals surface area contributed by atoms with E-state index in [-0.39, 0.29) is 22.0 Å². The maximum atomic E-state index is 13.2. The zero-order valence-corrected chi connectivity index (χ0v) is 11.7. The molecule has 2 aromatic rings. The molecule has 0 unspecified atom stereocenters. The van der Waals surface area contributed by atoms with Crippen LogP contribution in [0.1, 0.15) is 10.6 Å². The third kappa shape index (κ3) is 2.96. The summed E-state index contributed by atoms with van der Waals surface area (Å²) >= 11 is 3.97. The Kier molecular flexibility index (Phi) is 3.93. The molecule has 0 radical (unpaired) electrons. The van der Waals surface area contributed by atoms with Crippen molar-refractivity contribution in [3.8, 4) is 10.6 Å². The maximum absolute atomic E-state index is 13.2. The first-order valence-corrected chi connectivity index (χ1v) is 6.66. The fourth-order valence-corrected chi connectivity index (χ4v) is 3.04. The van der Waals surface area contributed by atoms with Crippen molar-refractivity contribution in [1.29, 1.82) is 0 Å². The van der Waals surface area contributed by atoms with E-state index in [4.69, 9.17) is 5.73 Å². The van der Waals surface area contributed by atoms with Gasteiger partial charge in [-0.25, -0.2) is 9.37 Å². The Morgan fingerprint density at radius 1 is 1.32 bits per heavy atom. The normalized spacial score (nSPS) is 11.9. The van der Waals surface area contributed by atoms with Gasteiger partial charge < -0.3 is 5.73 Å². The van der Waals surface area contributed by atoms with Gasteiger partial charge in [-0.05, 0) is 18.2 Å². The Hall–Kier alpha value is -0.990. The number of benzene rings is 1. The molecule has 0 saturated heterocycles. The van der Waals surface area contributed by atoms with Crippen molar-refractivity contribution in [2.75, 3.05) is 0 Å². The largest absolute Gasteiger partial charge is 0.434 e. The van der Waals surface area contributed by atoms with Crippen molar-refractivity contribution in [2.24, 2.45) is 5.73 Å². The highest BCUT2D eigenvalue weighted by atomic mass is 79.9. The van der Waals surface area contributed by atoms with Crippen LogP contribution >= 0.6 is 27.3 Å². The molecular weight excluding hydrogens is 348 g/mol. The molecule has 0 saturated carbocycles. The predicted octanol–water partition coefficient (Wildman–Crippen LogP) is 4.19. The van der Waals surface area contributed by atoms with Crippen LogP contribution in [-0.2, 0) is 12.7 Å². The highest BCUT2D eigenvalue weighted by Gasteiger charge is 2.37. The molecule has 0 spiro atoms. The monoisotopic (exact) mass is 354 g/mol. The molecular formula is C11H7BrF4N2S. The number of halogens is 5. The van der Waals surface area contributed by atoms with Crippen molar-refractivity contribution in [3.63, 3.8) is 0 Å². The van der Waals surface area contributed by atoms with E-state index >= 15 is 0 Å². The summed E-state index contributed by atoms with van der Waals surface area (Å²) in [5.74, 6) is -0.545.